The van der Waals surface area contributed by atoms with Crippen LogP contribution in [0.25, 0.3) is 11.0 Å². The van der Waals surface area contributed by atoms with E-state index in [4.69, 9.17) is 24.4 Å². The van der Waals surface area contributed by atoms with E-state index in [1.54, 1.807) is 25.1 Å². The number of rotatable bonds is 9. The van der Waals surface area contributed by atoms with E-state index in [0.29, 0.717) is 29.9 Å². The Bertz CT molecular complexity index is 1630. The number of carbonyl (C=O) groups is 1. The smallest absolute Gasteiger partial charge is 0.328 e. The summed E-state index contributed by atoms with van der Waals surface area (Å²) in [5, 5.41) is 0.310. The molecule has 1 aromatic heterocycles. The van der Waals surface area contributed by atoms with Crippen molar-refractivity contribution in [1.29, 1.82) is 0 Å². The zero-order chi connectivity index (χ0) is 27.2. The molecule has 0 amide bonds. The first-order valence-corrected chi connectivity index (χ1v) is 12.5. The summed E-state index contributed by atoms with van der Waals surface area (Å²) in [4.78, 5) is 25.7. The summed E-state index contributed by atoms with van der Waals surface area (Å²) in [6, 6.07) is 30.0. The van der Waals surface area contributed by atoms with Crippen molar-refractivity contribution >= 4 is 16.9 Å². The minimum absolute atomic E-state index is 0.108. The third-order valence-corrected chi connectivity index (χ3v) is 6.10. The van der Waals surface area contributed by atoms with Crippen LogP contribution in [-0.4, -0.2) is 12.0 Å². The number of carbonyl (C=O) groups excluding carboxylic acids is 1. The summed E-state index contributed by atoms with van der Waals surface area (Å²) < 4.78 is 22.9. The lowest BCUT2D eigenvalue weighted by Gasteiger charge is -2.13. The molecule has 1 unspecified atom stereocenters. The average molecular weight is 522 g/mol. The highest BCUT2D eigenvalue weighted by atomic mass is 16.5. The first-order valence-electron chi connectivity index (χ1n) is 12.5. The van der Waals surface area contributed by atoms with Crippen LogP contribution < -0.4 is 25.4 Å². The summed E-state index contributed by atoms with van der Waals surface area (Å²) in [6.07, 6.45) is 0.291. The van der Waals surface area contributed by atoms with Crippen LogP contribution in [0.4, 0.5) is 0 Å². The van der Waals surface area contributed by atoms with Crippen molar-refractivity contribution in [3.05, 3.63) is 130 Å². The summed E-state index contributed by atoms with van der Waals surface area (Å²) in [5.41, 5.74) is 8.04. The van der Waals surface area contributed by atoms with Crippen LogP contribution in [0.1, 0.15) is 16.9 Å². The number of hydrogen-bond acceptors (Lipinski definition) is 7. The molecule has 5 rings (SSSR count). The number of hydrogen-bond donors (Lipinski definition) is 1. The Hall–Kier alpha value is -4.88. The van der Waals surface area contributed by atoms with E-state index in [2.05, 4.69) is 0 Å². The van der Waals surface area contributed by atoms with Crippen molar-refractivity contribution < 1.29 is 23.4 Å². The van der Waals surface area contributed by atoms with E-state index >= 15 is 0 Å². The van der Waals surface area contributed by atoms with Gasteiger partial charge in [-0.25, -0.2) is 4.79 Å². The van der Waals surface area contributed by atoms with Crippen molar-refractivity contribution in [1.82, 2.24) is 0 Å². The molecule has 0 aliphatic heterocycles. The molecule has 4 aromatic carbocycles. The van der Waals surface area contributed by atoms with Gasteiger partial charge < -0.3 is 24.4 Å². The highest BCUT2D eigenvalue weighted by molar-refractivity contribution is 5.82. The highest BCUT2D eigenvalue weighted by Gasteiger charge is 2.19. The second kappa shape index (κ2) is 11.7. The van der Waals surface area contributed by atoms with Gasteiger partial charge >= 0.3 is 5.97 Å². The minimum atomic E-state index is -0.882. The summed E-state index contributed by atoms with van der Waals surface area (Å²) in [6.45, 7) is 2.12. The van der Waals surface area contributed by atoms with E-state index in [1.807, 2.05) is 72.8 Å². The maximum absolute atomic E-state index is 13.0. The van der Waals surface area contributed by atoms with Gasteiger partial charge in [-0.1, -0.05) is 60.7 Å². The van der Waals surface area contributed by atoms with Crippen molar-refractivity contribution in [2.75, 3.05) is 0 Å². The number of para-hydroxylation sites is 1. The van der Waals surface area contributed by atoms with Gasteiger partial charge in [-0.05, 0) is 60.9 Å². The van der Waals surface area contributed by atoms with Crippen molar-refractivity contribution in [2.24, 2.45) is 5.73 Å². The second-order valence-electron chi connectivity index (χ2n) is 9.04. The molecule has 39 heavy (non-hydrogen) atoms. The molecule has 0 spiro atoms. The first kappa shape index (κ1) is 25.8. The SMILES string of the molecule is Cc1oc2cc(OC(=O)C(N)Cc3ccc(OCc4ccccc4)cc3)ccc2c(=O)c1Oc1ccccc1. The number of benzene rings is 4. The van der Waals surface area contributed by atoms with Crippen molar-refractivity contribution in [2.45, 2.75) is 26.0 Å². The molecule has 0 fully saturated rings. The highest BCUT2D eigenvalue weighted by Crippen LogP contribution is 2.27. The van der Waals surface area contributed by atoms with Gasteiger partial charge in [0.2, 0.25) is 11.2 Å². The Balaban J connectivity index is 1.21. The Morgan fingerprint density at radius 1 is 0.821 bits per heavy atom. The lowest BCUT2D eigenvalue weighted by Crippen LogP contribution is -2.36. The van der Waals surface area contributed by atoms with Gasteiger partial charge in [-0.3, -0.25) is 4.79 Å². The predicted octanol–water partition coefficient (Wildman–Crippen LogP) is 5.95. The van der Waals surface area contributed by atoms with E-state index in [-0.39, 0.29) is 22.5 Å². The molecule has 1 atom stereocenters. The van der Waals surface area contributed by atoms with E-state index in [1.165, 1.54) is 12.1 Å². The normalized spacial score (nSPS) is 11.6. The molecular formula is C32H27NO6. The molecule has 2 N–H and O–H groups in total. The summed E-state index contributed by atoms with van der Waals surface area (Å²) in [5.74, 6) is 1.31. The molecular weight excluding hydrogens is 494 g/mol. The number of aryl methyl sites for hydroxylation is 1. The Kier molecular flexibility index (Phi) is 7.70. The predicted molar refractivity (Wildman–Crippen MR) is 148 cm³/mol. The van der Waals surface area contributed by atoms with E-state index in [9.17, 15) is 9.59 Å². The molecule has 7 heteroatoms. The zero-order valence-electron chi connectivity index (χ0n) is 21.3. The van der Waals surface area contributed by atoms with Crippen molar-refractivity contribution in [3.63, 3.8) is 0 Å². The van der Waals surface area contributed by atoms with E-state index < -0.39 is 12.0 Å². The molecule has 1 heterocycles. The Morgan fingerprint density at radius 3 is 2.21 bits per heavy atom. The molecule has 5 aromatic rings. The fourth-order valence-corrected chi connectivity index (χ4v) is 4.05. The molecule has 0 radical (unpaired) electrons. The molecule has 7 nitrogen and oxygen atoms in total. The van der Waals surface area contributed by atoms with Crippen molar-refractivity contribution in [3.8, 4) is 23.0 Å². The van der Waals surface area contributed by atoms with Crippen LogP contribution in [0, 0.1) is 6.92 Å². The van der Waals surface area contributed by atoms with Gasteiger partial charge in [0.25, 0.3) is 0 Å². The zero-order valence-corrected chi connectivity index (χ0v) is 21.3. The molecule has 0 aliphatic carbocycles. The van der Waals surface area contributed by atoms with Gasteiger partial charge in [0.05, 0.1) is 5.39 Å². The lowest BCUT2D eigenvalue weighted by atomic mass is 10.1. The lowest BCUT2D eigenvalue weighted by molar-refractivity contribution is -0.135. The van der Waals surface area contributed by atoms with Gasteiger partial charge in [0.15, 0.2) is 0 Å². The standard InChI is InChI=1S/C32H27NO6/c1-21-31(38-25-10-6-3-7-11-25)30(34)27-17-16-26(19-29(27)37-21)39-32(35)28(33)18-22-12-14-24(15-13-22)36-20-23-8-4-2-5-9-23/h2-17,19,28H,18,20,33H2,1H3. The molecule has 196 valence electrons. The number of esters is 1. The van der Waals surface area contributed by atoms with Crippen LogP contribution in [-0.2, 0) is 17.8 Å². The molecule has 0 saturated carbocycles. The minimum Gasteiger partial charge on any atom is -0.489 e. The molecule has 0 bridgehead atoms. The third kappa shape index (κ3) is 6.34. The monoisotopic (exact) mass is 521 g/mol. The van der Waals surface area contributed by atoms with Crippen LogP contribution in [0.15, 0.2) is 112 Å². The maximum atomic E-state index is 13.0. The largest absolute Gasteiger partial charge is 0.489 e. The second-order valence-corrected chi connectivity index (χ2v) is 9.04. The summed E-state index contributed by atoms with van der Waals surface area (Å²) in [7, 11) is 0. The molecule has 0 aliphatic rings. The van der Waals surface area contributed by atoms with Gasteiger partial charge in [-0.2, -0.15) is 0 Å². The average Bonchev–Trinajstić information content (AvgIpc) is 2.96. The van der Waals surface area contributed by atoms with Gasteiger partial charge in [0, 0.05) is 6.07 Å². The fraction of sp³-hybridized carbons (Fsp3) is 0.125. The Morgan fingerprint density at radius 2 is 1.49 bits per heavy atom. The van der Waals surface area contributed by atoms with Gasteiger partial charge in [-0.15, -0.1) is 0 Å². The fourth-order valence-electron chi connectivity index (χ4n) is 4.05. The van der Waals surface area contributed by atoms with E-state index in [0.717, 1.165) is 16.9 Å². The maximum Gasteiger partial charge on any atom is 0.328 e. The van der Waals surface area contributed by atoms with Gasteiger partial charge in [0.1, 0.15) is 41.2 Å². The first-order chi connectivity index (χ1) is 19.0. The third-order valence-electron chi connectivity index (χ3n) is 6.10. The van der Waals surface area contributed by atoms with Crippen LogP contribution >= 0.6 is 0 Å². The van der Waals surface area contributed by atoms with Crippen LogP contribution in [0.3, 0.4) is 0 Å². The Labute approximate surface area is 225 Å². The quantitative estimate of drug-likeness (QED) is 0.189. The van der Waals surface area contributed by atoms with Crippen LogP contribution in [0.2, 0.25) is 0 Å². The summed E-state index contributed by atoms with van der Waals surface area (Å²) >= 11 is 0. The van der Waals surface area contributed by atoms with Crippen LogP contribution in [0.5, 0.6) is 23.0 Å². The number of nitrogens with two attached hydrogens (primary N) is 1. The molecule has 0 saturated heterocycles. The topological polar surface area (TPSA) is 101 Å². The number of ether oxygens (including phenoxy) is 3. The number of fused-ring (bicyclic) bond motifs is 1.